The largest absolute Gasteiger partial charge is 0.508 e. The van der Waals surface area contributed by atoms with Crippen LogP contribution >= 0.6 is 0 Å². The van der Waals surface area contributed by atoms with Crippen molar-refractivity contribution in [3.05, 3.63) is 82.4 Å². The number of nitrogens with one attached hydrogen (secondary N) is 3. The van der Waals surface area contributed by atoms with Gasteiger partial charge in [-0.1, -0.05) is 6.07 Å². The lowest BCUT2D eigenvalue weighted by Gasteiger charge is -2.36. The van der Waals surface area contributed by atoms with Crippen molar-refractivity contribution in [3.8, 4) is 23.0 Å². The third-order valence-corrected chi connectivity index (χ3v) is 7.83. The van der Waals surface area contributed by atoms with Crippen LogP contribution < -0.4 is 20.7 Å². The van der Waals surface area contributed by atoms with Gasteiger partial charge >= 0.3 is 5.97 Å². The minimum Gasteiger partial charge on any atom is -0.508 e. The average Bonchev–Trinajstić information content (AvgIpc) is 3.25. The molecule has 1 amide bonds. The first kappa shape index (κ1) is 27.1. The van der Waals surface area contributed by atoms with Crippen LogP contribution in [0.2, 0.25) is 0 Å². The van der Waals surface area contributed by atoms with Crippen LogP contribution in [0.5, 0.6) is 23.0 Å². The smallest absolute Gasteiger partial charge is 0.340 e. The second-order valence-electron chi connectivity index (χ2n) is 10.5. The van der Waals surface area contributed by atoms with Crippen molar-refractivity contribution in [1.29, 1.82) is 0 Å². The normalized spacial score (nSPS) is 18.8. The van der Waals surface area contributed by atoms with Crippen molar-refractivity contribution in [1.82, 2.24) is 20.9 Å². The second kappa shape index (κ2) is 11.4. The standard InChI is InChI=1S/C31H34N4O6/c36-21-4-7-25-27(18-21)40-28-19-22(37)5-8-26(28)31(25)24-6-3-20(17-23(24)30(39)41-31)29(38)35-15-2-11-33-13-12-32-9-1-10-34-14-16-35/h3-8,17-19,32-34,36-37H,1-2,9-16H2. The molecule has 0 aliphatic carbocycles. The molecule has 0 atom stereocenters. The zero-order valence-corrected chi connectivity index (χ0v) is 22.7. The number of benzene rings is 3. The van der Waals surface area contributed by atoms with Gasteiger partial charge in [-0.05, 0) is 68.9 Å². The second-order valence-corrected chi connectivity index (χ2v) is 10.5. The molecule has 214 valence electrons. The van der Waals surface area contributed by atoms with Crippen molar-refractivity contribution in [3.63, 3.8) is 0 Å². The molecule has 10 nitrogen and oxygen atoms in total. The molecule has 5 N–H and O–H groups in total. The van der Waals surface area contributed by atoms with Gasteiger partial charge in [0.15, 0.2) is 5.60 Å². The Balaban J connectivity index is 1.34. The molecule has 10 heteroatoms. The van der Waals surface area contributed by atoms with Gasteiger partial charge in [-0.3, -0.25) is 4.79 Å². The molecule has 1 saturated heterocycles. The maximum absolute atomic E-state index is 13.7. The minimum absolute atomic E-state index is 0.00777. The van der Waals surface area contributed by atoms with Gasteiger partial charge in [-0.2, -0.15) is 0 Å². The van der Waals surface area contributed by atoms with E-state index in [1.54, 1.807) is 30.3 Å². The maximum atomic E-state index is 13.7. The third kappa shape index (κ3) is 5.10. The van der Waals surface area contributed by atoms with E-state index in [-0.39, 0.29) is 17.4 Å². The van der Waals surface area contributed by atoms with Gasteiger partial charge in [0.05, 0.1) is 5.56 Å². The Labute approximate surface area is 238 Å². The number of fused-ring (bicyclic) bond motifs is 6. The van der Waals surface area contributed by atoms with Crippen LogP contribution in [0.25, 0.3) is 0 Å². The Morgan fingerprint density at radius 2 is 1.34 bits per heavy atom. The maximum Gasteiger partial charge on any atom is 0.340 e. The van der Waals surface area contributed by atoms with E-state index in [1.165, 1.54) is 24.3 Å². The van der Waals surface area contributed by atoms with Crippen LogP contribution in [0.1, 0.15) is 50.2 Å². The highest BCUT2D eigenvalue weighted by molar-refractivity contribution is 6.01. The molecule has 0 aromatic heterocycles. The lowest BCUT2D eigenvalue weighted by molar-refractivity contribution is 0.0224. The lowest BCUT2D eigenvalue weighted by Crippen LogP contribution is -2.40. The quantitative estimate of drug-likeness (QED) is 0.286. The third-order valence-electron chi connectivity index (χ3n) is 7.83. The molecule has 6 rings (SSSR count). The molecule has 3 aromatic carbocycles. The van der Waals surface area contributed by atoms with Crippen molar-refractivity contribution < 1.29 is 29.3 Å². The average molecular weight is 559 g/mol. The van der Waals surface area contributed by atoms with Crippen LogP contribution in [0.4, 0.5) is 0 Å². The van der Waals surface area contributed by atoms with E-state index in [4.69, 9.17) is 9.47 Å². The Bertz CT molecular complexity index is 1410. The van der Waals surface area contributed by atoms with E-state index in [0.717, 1.165) is 45.6 Å². The Kier molecular flexibility index (Phi) is 7.53. The van der Waals surface area contributed by atoms with Crippen LogP contribution in [0, 0.1) is 0 Å². The van der Waals surface area contributed by atoms with Crippen molar-refractivity contribution in [2.45, 2.75) is 18.4 Å². The van der Waals surface area contributed by atoms with Gasteiger partial charge in [0, 0.05) is 67.1 Å². The number of phenolic OH excluding ortho intramolecular Hbond substituents is 2. The number of hydrogen-bond acceptors (Lipinski definition) is 9. The van der Waals surface area contributed by atoms with Gasteiger partial charge in [0.25, 0.3) is 5.91 Å². The van der Waals surface area contributed by atoms with E-state index in [1.807, 2.05) is 4.90 Å². The predicted octanol–water partition coefficient (Wildman–Crippen LogP) is 2.67. The number of carbonyl (C=O) groups is 2. The van der Waals surface area contributed by atoms with Gasteiger partial charge in [0.2, 0.25) is 0 Å². The highest BCUT2D eigenvalue weighted by Crippen LogP contribution is 2.57. The Hall–Kier alpha value is -4.12. The summed E-state index contributed by atoms with van der Waals surface area (Å²) in [6.45, 7) is 6.27. The first-order chi connectivity index (χ1) is 20.0. The summed E-state index contributed by atoms with van der Waals surface area (Å²) >= 11 is 0. The number of ether oxygens (including phenoxy) is 2. The number of hydrogen-bond donors (Lipinski definition) is 5. The summed E-state index contributed by atoms with van der Waals surface area (Å²) in [4.78, 5) is 29.0. The number of carbonyl (C=O) groups excluding carboxylic acids is 2. The summed E-state index contributed by atoms with van der Waals surface area (Å²) in [6, 6.07) is 14.4. The summed E-state index contributed by atoms with van der Waals surface area (Å²) < 4.78 is 12.2. The lowest BCUT2D eigenvalue weighted by atomic mass is 9.77. The molecule has 1 fully saturated rings. The molecule has 0 bridgehead atoms. The van der Waals surface area contributed by atoms with E-state index in [0.29, 0.717) is 59.0 Å². The Morgan fingerprint density at radius 1 is 0.732 bits per heavy atom. The van der Waals surface area contributed by atoms with Gasteiger partial charge in [0.1, 0.15) is 23.0 Å². The zero-order chi connectivity index (χ0) is 28.4. The molecule has 1 spiro atoms. The number of nitrogens with zero attached hydrogens (tertiary/aromatic N) is 1. The van der Waals surface area contributed by atoms with Crippen LogP contribution in [-0.2, 0) is 10.3 Å². The van der Waals surface area contributed by atoms with Gasteiger partial charge in [-0.15, -0.1) is 0 Å². The molecular formula is C31H34N4O6. The fourth-order valence-electron chi connectivity index (χ4n) is 5.84. The SMILES string of the molecule is O=C1OC2(c3ccc(O)cc3Oc3cc(O)ccc32)c2ccc(C(=O)N3CCCNCCNCCCNCC3)cc21. The fourth-order valence-corrected chi connectivity index (χ4v) is 5.84. The van der Waals surface area contributed by atoms with Crippen LogP contribution in [0.15, 0.2) is 54.6 Å². The first-order valence-electron chi connectivity index (χ1n) is 14.1. The number of aromatic hydroxyl groups is 2. The molecule has 0 unspecified atom stereocenters. The monoisotopic (exact) mass is 558 g/mol. The molecule has 0 radical (unpaired) electrons. The molecular weight excluding hydrogens is 524 g/mol. The highest BCUT2D eigenvalue weighted by Gasteiger charge is 2.53. The van der Waals surface area contributed by atoms with Gasteiger partial charge in [-0.25, -0.2) is 4.79 Å². The van der Waals surface area contributed by atoms with Crippen molar-refractivity contribution in [2.24, 2.45) is 0 Å². The molecule has 3 aromatic rings. The van der Waals surface area contributed by atoms with Crippen LogP contribution in [-0.4, -0.2) is 79.3 Å². The number of phenols is 2. The topological polar surface area (TPSA) is 132 Å². The predicted molar refractivity (Wildman–Crippen MR) is 152 cm³/mol. The zero-order valence-electron chi connectivity index (χ0n) is 22.7. The number of rotatable bonds is 1. The number of esters is 1. The Morgan fingerprint density at radius 3 is 2.02 bits per heavy atom. The van der Waals surface area contributed by atoms with E-state index in [2.05, 4.69) is 16.0 Å². The summed E-state index contributed by atoms with van der Waals surface area (Å²) in [5, 5.41) is 30.5. The van der Waals surface area contributed by atoms with Crippen molar-refractivity contribution >= 4 is 11.9 Å². The summed E-state index contributed by atoms with van der Waals surface area (Å²) in [6.07, 6.45) is 1.83. The molecule has 3 aliphatic rings. The molecule has 0 saturated carbocycles. The molecule has 3 aliphatic heterocycles. The minimum atomic E-state index is -1.35. The molecule has 41 heavy (non-hydrogen) atoms. The van der Waals surface area contributed by atoms with E-state index < -0.39 is 11.6 Å². The first-order valence-corrected chi connectivity index (χ1v) is 14.1. The van der Waals surface area contributed by atoms with E-state index >= 15 is 0 Å². The number of amides is 1. The fraction of sp³-hybridized carbons (Fsp3) is 0.355. The van der Waals surface area contributed by atoms with Crippen LogP contribution in [0.3, 0.4) is 0 Å². The summed E-state index contributed by atoms with van der Waals surface area (Å²) in [5.74, 6) is -0.0914. The molecule has 3 heterocycles. The highest BCUT2D eigenvalue weighted by atomic mass is 16.6. The summed E-state index contributed by atoms with van der Waals surface area (Å²) in [5.41, 5.74) is 1.02. The van der Waals surface area contributed by atoms with Crippen molar-refractivity contribution in [2.75, 3.05) is 52.4 Å². The van der Waals surface area contributed by atoms with Gasteiger partial charge < -0.3 is 40.5 Å². The summed E-state index contributed by atoms with van der Waals surface area (Å²) in [7, 11) is 0. The van der Waals surface area contributed by atoms with E-state index in [9.17, 15) is 19.8 Å².